The van der Waals surface area contributed by atoms with Gasteiger partial charge >= 0.3 is 0 Å². The summed E-state index contributed by atoms with van der Waals surface area (Å²) in [5.74, 6) is 0.757. The summed E-state index contributed by atoms with van der Waals surface area (Å²) in [5.41, 5.74) is 2.13. The van der Waals surface area contributed by atoms with E-state index in [0.29, 0.717) is 17.3 Å². The van der Waals surface area contributed by atoms with E-state index < -0.39 is 0 Å². The van der Waals surface area contributed by atoms with Gasteiger partial charge in [-0.3, -0.25) is 0 Å². The van der Waals surface area contributed by atoms with Crippen molar-refractivity contribution in [2.75, 3.05) is 0 Å². The highest BCUT2D eigenvalue weighted by atomic mass is 35.5. The molecule has 1 heterocycles. The van der Waals surface area contributed by atoms with E-state index in [1.165, 1.54) is 0 Å². The molecule has 0 saturated heterocycles. The molecule has 2 aromatic rings. The molecule has 3 nitrogen and oxygen atoms in total. The fourth-order valence-corrected chi connectivity index (χ4v) is 1.81. The Balaban J connectivity index is 2.14. The van der Waals surface area contributed by atoms with Crippen LogP contribution in [0, 0.1) is 18.3 Å². The minimum absolute atomic E-state index is 0.319. The molecular formula is C14H11ClN2O. The molecule has 0 fully saturated rings. The molecule has 1 aromatic carbocycles. The van der Waals surface area contributed by atoms with E-state index in [0.717, 1.165) is 16.9 Å². The Labute approximate surface area is 111 Å². The van der Waals surface area contributed by atoms with Crippen LogP contribution in [-0.4, -0.2) is 4.98 Å². The van der Waals surface area contributed by atoms with E-state index in [1.54, 1.807) is 18.3 Å². The molecule has 2 rings (SSSR count). The molecule has 0 amide bonds. The van der Waals surface area contributed by atoms with Crippen molar-refractivity contribution in [1.82, 2.24) is 4.98 Å². The molecular weight excluding hydrogens is 248 g/mol. The molecule has 0 aliphatic heterocycles. The van der Waals surface area contributed by atoms with Crippen LogP contribution in [0.1, 0.15) is 16.8 Å². The van der Waals surface area contributed by atoms with Gasteiger partial charge < -0.3 is 4.74 Å². The van der Waals surface area contributed by atoms with Gasteiger partial charge in [-0.15, -0.1) is 0 Å². The highest BCUT2D eigenvalue weighted by Gasteiger charge is 2.05. The van der Waals surface area contributed by atoms with Gasteiger partial charge in [0.15, 0.2) is 0 Å². The number of rotatable bonds is 3. The molecule has 0 aliphatic carbocycles. The second-order valence-corrected chi connectivity index (χ2v) is 4.26. The summed E-state index contributed by atoms with van der Waals surface area (Å²) >= 11 is 5.87. The summed E-state index contributed by atoms with van der Waals surface area (Å²) in [5, 5.41) is 9.60. The van der Waals surface area contributed by atoms with Gasteiger partial charge in [0.2, 0.25) is 0 Å². The molecule has 0 radical (unpaired) electrons. The van der Waals surface area contributed by atoms with E-state index in [-0.39, 0.29) is 0 Å². The third-order valence-corrected chi connectivity index (χ3v) is 2.75. The van der Waals surface area contributed by atoms with Crippen molar-refractivity contribution >= 4 is 11.6 Å². The van der Waals surface area contributed by atoms with E-state index in [4.69, 9.17) is 21.6 Å². The maximum Gasteiger partial charge on any atom is 0.147 e. The summed E-state index contributed by atoms with van der Waals surface area (Å²) in [4.78, 5) is 3.98. The van der Waals surface area contributed by atoms with Gasteiger partial charge in [0.1, 0.15) is 24.1 Å². The van der Waals surface area contributed by atoms with Crippen LogP contribution in [0.4, 0.5) is 0 Å². The average Bonchev–Trinajstić information content (AvgIpc) is 2.38. The number of benzene rings is 1. The molecule has 0 aliphatic rings. The molecule has 4 heteroatoms. The van der Waals surface area contributed by atoms with Crippen LogP contribution in [-0.2, 0) is 6.61 Å². The third kappa shape index (κ3) is 2.79. The Morgan fingerprint density at radius 1 is 1.39 bits per heavy atom. The normalized spacial score (nSPS) is 9.83. The Hall–Kier alpha value is -2.05. The number of aryl methyl sites for hydroxylation is 1. The van der Waals surface area contributed by atoms with E-state index >= 15 is 0 Å². The minimum atomic E-state index is 0.319. The van der Waals surface area contributed by atoms with Crippen molar-refractivity contribution < 1.29 is 4.74 Å². The van der Waals surface area contributed by atoms with Crippen LogP contribution in [0.5, 0.6) is 5.75 Å². The second kappa shape index (κ2) is 5.52. The zero-order valence-electron chi connectivity index (χ0n) is 9.85. The first-order valence-electron chi connectivity index (χ1n) is 5.43. The van der Waals surface area contributed by atoms with Crippen LogP contribution in [0.3, 0.4) is 0 Å². The molecule has 1 aromatic heterocycles. The van der Waals surface area contributed by atoms with Crippen molar-refractivity contribution in [3.8, 4) is 11.8 Å². The number of nitrogens with zero attached hydrogens (tertiary/aromatic N) is 2. The monoisotopic (exact) mass is 258 g/mol. The first-order chi connectivity index (χ1) is 8.70. The lowest BCUT2D eigenvalue weighted by molar-refractivity contribution is 0.303. The number of hydrogen-bond acceptors (Lipinski definition) is 3. The SMILES string of the molecule is Cc1cc(Cl)ccc1OCc1cccnc1C#N. The molecule has 90 valence electrons. The summed E-state index contributed by atoms with van der Waals surface area (Å²) in [7, 11) is 0. The molecule has 0 spiro atoms. The zero-order chi connectivity index (χ0) is 13.0. The average molecular weight is 259 g/mol. The molecule has 0 atom stereocenters. The molecule has 0 N–H and O–H groups in total. The molecule has 0 bridgehead atoms. The van der Waals surface area contributed by atoms with Gasteiger partial charge in [-0.2, -0.15) is 5.26 Å². The molecule has 0 unspecified atom stereocenters. The quantitative estimate of drug-likeness (QED) is 0.847. The summed E-state index contributed by atoms with van der Waals surface area (Å²) < 4.78 is 5.67. The fraction of sp³-hybridized carbons (Fsp3) is 0.143. The first kappa shape index (κ1) is 12.4. The Morgan fingerprint density at radius 2 is 2.22 bits per heavy atom. The predicted molar refractivity (Wildman–Crippen MR) is 69.5 cm³/mol. The lowest BCUT2D eigenvalue weighted by Gasteiger charge is -2.09. The number of halogens is 1. The fourth-order valence-electron chi connectivity index (χ4n) is 1.59. The molecule has 0 saturated carbocycles. The predicted octanol–water partition coefficient (Wildman–Crippen LogP) is 3.49. The van der Waals surface area contributed by atoms with E-state index in [1.807, 2.05) is 31.2 Å². The first-order valence-corrected chi connectivity index (χ1v) is 5.81. The van der Waals surface area contributed by atoms with Crippen molar-refractivity contribution in [3.05, 3.63) is 58.4 Å². The van der Waals surface area contributed by atoms with Crippen LogP contribution in [0.25, 0.3) is 0 Å². The number of aromatic nitrogens is 1. The van der Waals surface area contributed by atoms with Crippen molar-refractivity contribution in [2.24, 2.45) is 0 Å². The van der Waals surface area contributed by atoms with E-state index in [2.05, 4.69) is 4.98 Å². The standard InChI is InChI=1S/C14H11ClN2O/c1-10-7-12(15)4-5-14(10)18-9-11-3-2-6-17-13(11)8-16/h2-7H,9H2,1H3. The Bertz CT molecular complexity index is 605. The van der Waals surface area contributed by atoms with Gasteiger partial charge in [-0.1, -0.05) is 17.7 Å². The van der Waals surface area contributed by atoms with Gasteiger partial charge in [-0.25, -0.2) is 4.98 Å². The summed E-state index contributed by atoms with van der Waals surface area (Å²) in [6.45, 7) is 2.24. The highest BCUT2D eigenvalue weighted by molar-refractivity contribution is 6.30. The highest BCUT2D eigenvalue weighted by Crippen LogP contribution is 2.22. The lowest BCUT2D eigenvalue weighted by atomic mass is 10.2. The van der Waals surface area contributed by atoms with Gasteiger partial charge in [-0.05, 0) is 36.8 Å². The number of ether oxygens (including phenoxy) is 1. The topological polar surface area (TPSA) is 45.9 Å². The largest absolute Gasteiger partial charge is 0.489 e. The van der Waals surface area contributed by atoms with Crippen molar-refractivity contribution in [2.45, 2.75) is 13.5 Å². The molecule has 18 heavy (non-hydrogen) atoms. The minimum Gasteiger partial charge on any atom is -0.489 e. The Morgan fingerprint density at radius 3 is 2.94 bits per heavy atom. The summed E-state index contributed by atoms with van der Waals surface area (Å²) in [6.07, 6.45) is 1.59. The van der Waals surface area contributed by atoms with Gasteiger partial charge in [0, 0.05) is 16.8 Å². The second-order valence-electron chi connectivity index (χ2n) is 3.82. The smallest absolute Gasteiger partial charge is 0.147 e. The third-order valence-electron chi connectivity index (χ3n) is 2.52. The van der Waals surface area contributed by atoms with Crippen molar-refractivity contribution in [1.29, 1.82) is 5.26 Å². The van der Waals surface area contributed by atoms with E-state index in [9.17, 15) is 0 Å². The van der Waals surface area contributed by atoms with Crippen LogP contribution in [0.15, 0.2) is 36.5 Å². The van der Waals surface area contributed by atoms with Crippen LogP contribution < -0.4 is 4.74 Å². The van der Waals surface area contributed by atoms with Gasteiger partial charge in [0.25, 0.3) is 0 Å². The van der Waals surface area contributed by atoms with Gasteiger partial charge in [0.05, 0.1) is 0 Å². The maximum absolute atomic E-state index is 8.92. The lowest BCUT2D eigenvalue weighted by Crippen LogP contribution is -2.00. The Kier molecular flexibility index (Phi) is 3.81. The maximum atomic E-state index is 8.92. The number of nitriles is 1. The number of hydrogen-bond donors (Lipinski definition) is 0. The van der Waals surface area contributed by atoms with Crippen LogP contribution in [0.2, 0.25) is 5.02 Å². The van der Waals surface area contributed by atoms with Crippen molar-refractivity contribution in [3.63, 3.8) is 0 Å². The van der Waals surface area contributed by atoms with Crippen LogP contribution >= 0.6 is 11.6 Å². The number of pyridine rings is 1. The summed E-state index contributed by atoms with van der Waals surface area (Å²) in [6, 6.07) is 11.1. The zero-order valence-corrected chi connectivity index (χ0v) is 10.6.